The molecule has 0 aliphatic rings. The van der Waals surface area contributed by atoms with Crippen LogP contribution >= 0.6 is 0 Å². The number of hydrogen-bond acceptors (Lipinski definition) is 6. The number of nitro benzene ring substituents is 1. The number of carboxylic acid groups (broad SMARTS) is 1. The smallest absolute Gasteiger partial charge is 0.335 e. The lowest BCUT2D eigenvalue weighted by Gasteiger charge is -2.13. The van der Waals surface area contributed by atoms with E-state index in [2.05, 4.69) is 0 Å². The van der Waals surface area contributed by atoms with Crippen LogP contribution in [0.4, 0.5) is 5.69 Å². The number of rotatable bonds is 6. The van der Waals surface area contributed by atoms with Gasteiger partial charge in [0.15, 0.2) is 11.5 Å². The Balaban J connectivity index is 2.22. The van der Waals surface area contributed by atoms with E-state index >= 15 is 0 Å². The lowest BCUT2D eigenvalue weighted by Crippen LogP contribution is -2.02. The van der Waals surface area contributed by atoms with Crippen molar-refractivity contribution in [2.24, 2.45) is 0 Å². The minimum atomic E-state index is -1.22. The summed E-state index contributed by atoms with van der Waals surface area (Å²) in [6, 6.07) is 7.99. The topological polar surface area (TPSA) is 119 Å². The fourth-order valence-corrected chi connectivity index (χ4v) is 1.90. The maximum atomic E-state index is 11.0. The third kappa shape index (κ3) is 3.67. The second-order valence-corrected chi connectivity index (χ2v) is 4.54. The van der Waals surface area contributed by atoms with Gasteiger partial charge in [-0.3, -0.25) is 10.1 Å². The van der Waals surface area contributed by atoms with Gasteiger partial charge in [-0.25, -0.2) is 4.79 Å². The molecule has 2 aromatic carbocycles. The molecule has 0 bridgehead atoms. The molecule has 23 heavy (non-hydrogen) atoms. The van der Waals surface area contributed by atoms with Gasteiger partial charge in [-0.15, -0.1) is 0 Å². The fraction of sp³-hybridized carbons (Fsp3) is 0.133. The van der Waals surface area contributed by atoms with Crippen LogP contribution in [0, 0.1) is 10.1 Å². The highest BCUT2D eigenvalue weighted by Crippen LogP contribution is 2.38. The SMILES string of the molecule is COc1c(O)cc(C(=O)O)cc1OCc1ccc([N+](=O)[O-])cc1. The van der Waals surface area contributed by atoms with Crippen LogP contribution in [0.5, 0.6) is 17.2 Å². The molecule has 0 amide bonds. The van der Waals surface area contributed by atoms with Crippen molar-refractivity contribution in [2.45, 2.75) is 6.61 Å². The number of nitrogens with zero attached hydrogens (tertiary/aromatic N) is 1. The average molecular weight is 319 g/mol. The Bertz CT molecular complexity index is 740. The number of aromatic hydroxyl groups is 1. The summed E-state index contributed by atoms with van der Waals surface area (Å²) >= 11 is 0. The summed E-state index contributed by atoms with van der Waals surface area (Å²) in [6.07, 6.45) is 0. The first-order chi connectivity index (χ1) is 10.9. The maximum absolute atomic E-state index is 11.0. The van der Waals surface area contributed by atoms with Gasteiger partial charge in [0, 0.05) is 12.1 Å². The van der Waals surface area contributed by atoms with E-state index in [1.807, 2.05) is 0 Å². The Hall–Kier alpha value is -3.29. The van der Waals surface area contributed by atoms with Crippen molar-refractivity contribution in [3.8, 4) is 17.2 Å². The van der Waals surface area contributed by atoms with Crippen molar-refractivity contribution >= 4 is 11.7 Å². The molecular formula is C15H13NO7. The van der Waals surface area contributed by atoms with Gasteiger partial charge in [0.05, 0.1) is 17.6 Å². The summed E-state index contributed by atoms with van der Waals surface area (Å²) in [5, 5.41) is 29.4. The Morgan fingerprint density at radius 3 is 2.43 bits per heavy atom. The third-order valence-electron chi connectivity index (χ3n) is 3.03. The van der Waals surface area contributed by atoms with Crippen molar-refractivity contribution in [1.29, 1.82) is 0 Å². The first-order valence-corrected chi connectivity index (χ1v) is 6.42. The highest BCUT2D eigenvalue weighted by Gasteiger charge is 2.16. The summed E-state index contributed by atoms with van der Waals surface area (Å²) < 4.78 is 10.5. The summed E-state index contributed by atoms with van der Waals surface area (Å²) in [5.74, 6) is -1.51. The molecule has 0 radical (unpaired) electrons. The van der Waals surface area contributed by atoms with Crippen molar-refractivity contribution in [1.82, 2.24) is 0 Å². The number of aromatic carboxylic acids is 1. The molecule has 0 heterocycles. The van der Waals surface area contributed by atoms with E-state index in [1.54, 1.807) is 0 Å². The molecule has 8 heteroatoms. The van der Waals surface area contributed by atoms with E-state index in [1.165, 1.54) is 37.4 Å². The Labute approximate surface area is 130 Å². The average Bonchev–Trinajstić information content (AvgIpc) is 2.52. The zero-order valence-electron chi connectivity index (χ0n) is 12.1. The largest absolute Gasteiger partial charge is 0.504 e. The molecular weight excluding hydrogens is 306 g/mol. The number of carbonyl (C=O) groups is 1. The summed E-state index contributed by atoms with van der Waals surface area (Å²) in [6.45, 7) is 0.0247. The maximum Gasteiger partial charge on any atom is 0.335 e. The first-order valence-electron chi connectivity index (χ1n) is 6.42. The molecule has 0 spiro atoms. The third-order valence-corrected chi connectivity index (χ3v) is 3.03. The molecule has 0 fully saturated rings. The lowest BCUT2D eigenvalue weighted by molar-refractivity contribution is -0.384. The number of nitro groups is 1. The normalized spacial score (nSPS) is 10.1. The summed E-state index contributed by atoms with van der Waals surface area (Å²) in [4.78, 5) is 21.1. The number of ether oxygens (including phenoxy) is 2. The van der Waals surface area contributed by atoms with Gasteiger partial charge in [-0.2, -0.15) is 0 Å². The van der Waals surface area contributed by atoms with Crippen LogP contribution in [0.2, 0.25) is 0 Å². The van der Waals surface area contributed by atoms with Gasteiger partial charge < -0.3 is 19.7 Å². The summed E-state index contributed by atoms with van der Waals surface area (Å²) in [5.41, 5.74) is 0.441. The number of non-ortho nitro benzene ring substituents is 1. The van der Waals surface area contributed by atoms with E-state index in [-0.39, 0.29) is 35.1 Å². The highest BCUT2D eigenvalue weighted by atomic mass is 16.6. The quantitative estimate of drug-likeness (QED) is 0.620. The zero-order chi connectivity index (χ0) is 17.0. The van der Waals surface area contributed by atoms with Crippen molar-refractivity contribution in [3.63, 3.8) is 0 Å². The van der Waals surface area contributed by atoms with Crippen molar-refractivity contribution in [2.75, 3.05) is 7.11 Å². The number of hydrogen-bond donors (Lipinski definition) is 2. The first kappa shape index (κ1) is 16.1. The number of phenols is 1. The van der Waals surface area contributed by atoms with Crippen molar-refractivity contribution < 1.29 is 29.4 Å². The van der Waals surface area contributed by atoms with Crippen LogP contribution in [0.1, 0.15) is 15.9 Å². The molecule has 0 saturated carbocycles. The number of carboxylic acids is 1. The fourth-order valence-electron chi connectivity index (χ4n) is 1.90. The second-order valence-electron chi connectivity index (χ2n) is 4.54. The van der Waals surface area contributed by atoms with Gasteiger partial charge in [-0.1, -0.05) is 0 Å². The van der Waals surface area contributed by atoms with Crippen LogP contribution in [0.15, 0.2) is 36.4 Å². The molecule has 120 valence electrons. The minimum absolute atomic E-state index is 0.0110. The molecule has 2 aromatic rings. The molecule has 0 aliphatic heterocycles. The van der Waals surface area contributed by atoms with Crippen molar-refractivity contribution in [3.05, 3.63) is 57.6 Å². The van der Waals surface area contributed by atoms with Crippen LogP contribution in [-0.4, -0.2) is 28.2 Å². The number of benzene rings is 2. The van der Waals surface area contributed by atoms with Gasteiger partial charge in [0.1, 0.15) is 6.61 Å². The van der Waals surface area contributed by atoms with Gasteiger partial charge >= 0.3 is 5.97 Å². The van der Waals surface area contributed by atoms with Gasteiger partial charge in [0.25, 0.3) is 5.69 Å². The standard InChI is InChI=1S/C15H13NO7/c1-22-14-12(17)6-10(15(18)19)7-13(14)23-8-9-2-4-11(5-3-9)16(20)21/h2-7,17H,8H2,1H3,(H,18,19). The molecule has 2 N–H and O–H groups in total. The molecule has 2 rings (SSSR count). The van der Waals surface area contributed by atoms with Crippen LogP contribution in [0.25, 0.3) is 0 Å². The van der Waals surface area contributed by atoms with E-state index in [0.29, 0.717) is 5.56 Å². The van der Waals surface area contributed by atoms with E-state index in [9.17, 15) is 20.0 Å². The monoisotopic (exact) mass is 319 g/mol. The molecule has 0 aliphatic carbocycles. The molecule has 0 aromatic heterocycles. The molecule has 8 nitrogen and oxygen atoms in total. The van der Waals surface area contributed by atoms with E-state index in [0.717, 1.165) is 6.07 Å². The molecule has 0 saturated heterocycles. The highest BCUT2D eigenvalue weighted by molar-refractivity contribution is 5.89. The number of phenolic OH excluding ortho intramolecular Hbond substituents is 1. The predicted molar refractivity (Wildman–Crippen MR) is 79.0 cm³/mol. The van der Waals surface area contributed by atoms with Crippen LogP contribution in [0.3, 0.4) is 0 Å². The Kier molecular flexibility index (Phi) is 4.65. The minimum Gasteiger partial charge on any atom is -0.504 e. The molecule has 0 atom stereocenters. The second kappa shape index (κ2) is 6.65. The Morgan fingerprint density at radius 2 is 1.91 bits per heavy atom. The Morgan fingerprint density at radius 1 is 1.26 bits per heavy atom. The van der Waals surface area contributed by atoms with Crippen LogP contribution in [-0.2, 0) is 6.61 Å². The lowest BCUT2D eigenvalue weighted by atomic mass is 10.2. The van der Waals surface area contributed by atoms with Crippen LogP contribution < -0.4 is 9.47 Å². The van der Waals surface area contributed by atoms with Gasteiger partial charge in [0.2, 0.25) is 5.75 Å². The molecule has 0 unspecified atom stereocenters. The number of methoxy groups -OCH3 is 1. The zero-order valence-corrected chi connectivity index (χ0v) is 12.1. The van der Waals surface area contributed by atoms with E-state index < -0.39 is 10.9 Å². The van der Waals surface area contributed by atoms with Gasteiger partial charge in [-0.05, 0) is 29.8 Å². The van der Waals surface area contributed by atoms with E-state index in [4.69, 9.17) is 14.6 Å². The summed E-state index contributed by atoms with van der Waals surface area (Å²) in [7, 11) is 1.31. The predicted octanol–water partition coefficient (Wildman–Crippen LogP) is 2.59.